The van der Waals surface area contributed by atoms with E-state index in [4.69, 9.17) is 21.1 Å². The molecule has 1 N–H and O–H groups in total. The zero-order valence-electron chi connectivity index (χ0n) is 19.8. The molecule has 11 heteroatoms. The van der Waals surface area contributed by atoms with E-state index in [2.05, 4.69) is 15.1 Å². The molecular weight excluding hydrogens is 480 g/mol. The highest BCUT2D eigenvalue weighted by atomic mass is 35.5. The Morgan fingerprint density at radius 3 is 2.53 bits per heavy atom. The SMILES string of the molecule is CN1CCN(S(=O)(=O)CCCN2CCC(CNC(=O)c3cc(Cl)cc4c3OCCO4)CC2)CC1. The molecule has 1 amide bonds. The van der Waals surface area contributed by atoms with Crippen molar-refractivity contribution in [2.75, 3.05) is 78.4 Å². The summed E-state index contributed by atoms with van der Waals surface area (Å²) in [7, 11) is -1.15. The number of nitrogens with zero attached hydrogens (tertiary/aromatic N) is 3. The smallest absolute Gasteiger partial charge is 0.255 e. The maximum atomic E-state index is 12.8. The summed E-state index contributed by atoms with van der Waals surface area (Å²) in [4.78, 5) is 17.3. The number of nitrogens with one attached hydrogen (secondary N) is 1. The summed E-state index contributed by atoms with van der Waals surface area (Å²) in [5.74, 6) is 1.35. The van der Waals surface area contributed by atoms with Crippen LogP contribution in [0.1, 0.15) is 29.6 Å². The molecule has 0 saturated carbocycles. The van der Waals surface area contributed by atoms with Crippen LogP contribution in [0.25, 0.3) is 0 Å². The first-order chi connectivity index (χ1) is 16.3. The van der Waals surface area contributed by atoms with Gasteiger partial charge in [0.1, 0.15) is 13.2 Å². The molecule has 3 heterocycles. The molecule has 1 aromatic carbocycles. The van der Waals surface area contributed by atoms with Gasteiger partial charge in [-0.2, -0.15) is 4.31 Å². The van der Waals surface area contributed by atoms with E-state index < -0.39 is 10.0 Å². The van der Waals surface area contributed by atoms with Crippen LogP contribution in [0.2, 0.25) is 5.02 Å². The van der Waals surface area contributed by atoms with Gasteiger partial charge >= 0.3 is 0 Å². The summed E-state index contributed by atoms with van der Waals surface area (Å²) in [6.45, 7) is 6.83. The lowest BCUT2D eigenvalue weighted by molar-refractivity contribution is 0.0925. The third-order valence-electron chi connectivity index (χ3n) is 6.84. The van der Waals surface area contributed by atoms with Crippen molar-refractivity contribution in [3.63, 3.8) is 0 Å². The highest BCUT2D eigenvalue weighted by molar-refractivity contribution is 7.89. The van der Waals surface area contributed by atoms with Crippen molar-refractivity contribution in [3.8, 4) is 11.5 Å². The topological polar surface area (TPSA) is 91.4 Å². The van der Waals surface area contributed by atoms with E-state index in [-0.39, 0.29) is 11.7 Å². The zero-order chi connectivity index (χ0) is 24.1. The number of sulfonamides is 1. The zero-order valence-corrected chi connectivity index (χ0v) is 21.4. The number of carbonyl (C=O) groups excluding carboxylic acids is 1. The Morgan fingerprint density at radius 1 is 1.09 bits per heavy atom. The number of piperidine rings is 1. The van der Waals surface area contributed by atoms with E-state index in [9.17, 15) is 13.2 Å². The van der Waals surface area contributed by atoms with Gasteiger partial charge in [-0.25, -0.2) is 8.42 Å². The first kappa shape index (κ1) is 25.5. The number of fused-ring (bicyclic) bond motifs is 1. The van der Waals surface area contributed by atoms with Gasteiger partial charge in [-0.3, -0.25) is 4.79 Å². The molecule has 9 nitrogen and oxygen atoms in total. The molecule has 3 aliphatic heterocycles. The Morgan fingerprint density at radius 2 is 1.79 bits per heavy atom. The second kappa shape index (κ2) is 11.4. The van der Waals surface area contributed by atoms with Crippen molar-refractivity contribution in [1.82, 2.24) is 19.4 Å². The molecule has 3 aliphatic rings. The number of amides is 1. The van der Waals surface area contributed by atoms with Gasteiger partial charge in [-0.15, -0.1) is 0 Å². The molecule has 4 rings (SSSR count). The third-order valence-corrected chi connectivity index (χ3v) is 9.02. The molecule has 2 saturated heterocycles. The van der Waals surface area contributed by atoms with Gasteiger partial charge in [0.25, 0.3) is 5.91 Å². The fourth-order valence-corrected chi connectivity index (χ4v) is 6.38. The van der Waals surface area contributed by atoms with Gasteiger partial charge in [0.2, 0.25) is 10.0 Å². The molecular formula is C23H35ClN4O5S. The van der Waals surface area contributed by atoms with Crippen LogP contribution in [-0.4, -0.2) is 107 Å². The minimum absolute atomic E-state index is 0.208. The Balaban J connectivity index is 1.17. The van der Waals surface area contributed by atoms with Gasteiger partial charge in [-0.05, 0) is 57.9 Å². The number of carbonyl (C=O) groups is 1. The van der Waals surface area contributed by atoms with Crippen molar-refractivity contribution < 1.29 is 22.7 Å². The predicted octanol–water partition coefficient (Wildman–Crippen LogP) is 1.52. The second-order valence-corrected chi connectivity index (χ2v) is 11.9. The maximum absolute atomic E-state index is 12.8. The molecule has 0 radical (unpaired) electrons. The molecule has 0 aromatic heterocycles. The number of hydrogen-bond donors (Lipinski definition) is 1. The maximum Gasteiger partial charge on any atom is 0.255 e. The van der Waals surface area contributed by atoms with Crippen LogP contribution in [0, 0.1) is 5.92 Å². The summed E-state index contributed by atoms with van der Waals surface area (Å²) in [5, 5.41) is 3.47. The number of likely N-dealkylation sites (N-methyl/N-ethyl adjacent to an activating group) is 1. The van der Waals surface area contributed by atoms with E-state index in [1.54, 1.807) is 16.4 Å². The normalized spacial score (nSPS) is 20.9. The van der Waals surface area contributed by atoms with E-state index in [0.717, 1.165) is 45.6 Å². The molecule has 190 valence electrons. The summed E-state index contributed by atoms with van der Waals surface area (Å²) in [6.07, 6.45) is 2.59. The van der Waals surface area contributed by atoms with Crippen LogP contribution < -0.4 is 14.8 Å². The number of likely N-dealkylation sites (tertiary alicyclic amines) is 1. The van der Waals surface area contributed by atoms with Gasteiger partial charge < -0.3 is 24.6 Å². The number of hydrogen-bond acceptors (Lipinski definition) is 7. The summed E-state index contributed by atoms with van der Waals surface area (Å²) in [5.41, 5.74) is 0.404. The standard InChI is InChI=1S/C23H35ClN4O5S/c1-26-8-10-28(11-9-26)34(30,31)14-2-5-27-6-3-18(4-7-27)17-25-23(29)20-15-19(24)16-21-22(20)33-13-12-32-21/h15-16,18H,2-14,17H2,1H3,(H,25,29). The number of benzene rings is 1. The Kier molecular flexibility index (Phi) is 8.57. The van der Waals surface area contributed by atoms with Crippen LogP contribution in [0.3, 0.4) is 0 Å². The molecule has 0 aliphatic carbocycles. The summed E-state index contributed by atoms with van der Waals surface area (Å²) in [6, 6.07) is 3.28. The van der Waals surface area contributed by atoms with Crippen LogP contribution in [-0.2, 0) is 10.0 Å². The van der Waals surface area contributed by atoms with Gasteiger partial charge in [0.15, 0.2) is 11.5 Å². The van der Waals surface area contributed by atoms with E-state index in [0.29, 0.717) is 67.3 Å². The Labute approximate surface area is 207 Å². The predicted molar refractivity (Wildman–Crippen MR) is 131 cm³/mol. The van der Waals surface area contributed by atoms with Crippen LogP contribution in [0.15, 0.2) is 12.1 Å². The molecule has 1 aromatic rings. The lowest BCUT2D eigenvalue weighted by Gasteiger charge is -2.33. The third kappa shape index (κ3) is 6.54. The largest absolute Gasteiger partial charge is 0.486 e. The number of rotatable bonds is 8. The van der Waals surface area contributed by atoms with Gasteiger partial charge in [-0.1, -0.05) is 11.6 Å². The molecule has 34 heavy (non-hydrogen) atoms. The summed E-state index contributed by atoms with van der Waals surface area (Å²) < 4.78 is 38.0. The lowest BCUT2D eigenvalue weighted by atomic mass is 9.96. The Hall–Kier alpha value is -1.59. The molecule has 0 unspecified atom stereocenters. The van der Waals surface area contributed by atoms with E-state index in [1.807, 2.05) is 7.05 Å². The van der Waals surface area contributed by atoms with Crippen LogP contribution in [0.5, 0.6) is 11.5 Å². The molecule has 2 fully saturated rings. The monoisotopic (exact) mass is 514 g/mol. The molecule has 0 bridgehead atoms. The van der Waals surface area contributed by atoms with Crippen molar-refractivity contribution in [2.45, 2.75) is 19.3 Å². The minimum Gasteiger partial charge on any atom is -0.486 e. The van der Waals surface area contributed by atoms with Crippen LogP contribution in [0.4, 0.5) is 0 Å². The molecule has 0 spiro atoms. The van der Waals surface area contributed by atoms with Crippen molar-refractivity contribution in [1.29, 1.82) is 0 Å². The number of halogens is 1. The summed E-state index contributed by atoms with van der Waals surface area (Å²) >= 11 is 6.15. The average molecular weight is 515 g/mol. The lowest BCUT2D eigenvalue weighted by Crippen LogP contribution is -2.48. The highest BCUT2D eigenvalue weighted by Crippen LogP contribution is 2.36. The average Bonchev–Trinajstić information content (AvgIpc) is 2.83. The highest BCUT2D eigenvalue weighted by Gasteiger charge is 2.27. The van der Waals surface area contributed by atoms with E-state index in [1.165, 1.54) is 0 Å². The van der Waals surface area contributed by atoms with E-state index >= 15 is 0 Å². The fourth-order valence-electron chi connectivity index (χ4n) is 4.70. The second-order valence-electron chi connectivity index (χ2n) is 9.34. The van der Waals surface area contributed by atoms with Gasteiger partial charge in [0, 0.05) is 43.8 Å². The van der Waals surface area contributed by atoms with Crippen LogP contribution >= 0.6 is 11.6 Å². The van der Waals surface area contributed by atoms with Crippen molar-refractivity contribution >= 4 is 27.5 Å². The fraction of sp³-hybridized carbons (Fsp3) is 0.696. The first-order valence-corrected chi connectivity index (χ1v) is 14.1. The molecule has 0 atom stereocenters. The quantitative estimate of drug-likeness (QED) is 0.562. The first-order valence-electron chi connectivity index (χ1n) is 12.1. The van der Waals surface area contributed by atoms with Gasteiger partial charge in [0.05, 0.1) is 11.3 Å². The van der Waals surface area contributed by atoms with Crippen molar-refractivity contribution in [2.24, 2.45) is 5.92 Å². The minimum atomic E-state index is -3.17. The van der Waals surface area contributed by atoms with Crippen molar-refractivity contribution in [3.05, 3.63) is 22.7 Å². The Bertz CT molecular complexity index is 960. The number of piperazine rings is 1. The number of ether oxygens (including phenoxy) is 2.